The molecular formula is C17H17FN2O2S. The summed E-state index contributed by atoms with van der Waals surface area (Å²) in [5.74, 6) is -0.643. The Morgan fingerprint density at radius 2 is 2.17 bits per heavy atom. The molecule has 4 nitrogen and oxygen atoms in total. The molecule has 2 aliphatic rings. The fraction of sp³-hybridized carbons (Fsp3) is 0.412. The lowest BCUT2D eigenvalue weighted by Crippen LogP contribution is -2.48. The number of ether oxygens (including phenoxy) is 1. The van der Waals surface area contributed by atoms with Crippen LogP contribution in [0.4, 0.5) is 4.39 Å². The first-order valence-electron chi connectivity index (χ1n) is 7.79. The van der Waals surface area contributed by atoms with E-state index in [0.717, 1.165) is 32.1 Å². The van der Waals surface area contributed by atoms with Crippen molar-refractivity contribution in [3.05, 3.63) is 51.7 Å². The zero-order valence-corrected chi connectivity index (χ0v) is 13.4. The monoisotopic (exact) mass is 332 g/mol. The van der Waals surface area contributed by atoms with E-state index in [9.17, 15) is 9.18 Å². The molecule has 1 spiro atoms. The molecule has 0 bridgehead atoms. The van der Waals surface area contributed by atoms with E-state index < -0.39 is 5.82 Å². The van der Waals surface area contributed by atoms with Gasteiger partial charge < -0.3 is 9.64 Å². The van der Waals surface area contributed by atoms with Gasteiger partial charge in [-0.3, -0.25) is 9.78 Å². The molecule has 1 amide bonds. The van der Waals surface area contributed by atoms with Gasteiger partial charge in [-0.25, -0.2) is 4.39 Å². The average Bonchev–Trinajstić information content (AvgIpc) is 3.05. The predicted molar refractivity (Wildman–Crippen MR) is 85.0 cm³/mol. The van der Waals surface area contributed by atoms with Crippen molar-refractivity contribution >= 4 is 17.2 Å². The number of likely N-dealkylation sites (tertiary alicyclic amines) is 1. The molecule has 0 atom stereocenters. The highest BCUT2D eigenvalue weighted by atomic mass is 32.1. The summed E-state index contributed by atoms with van der Waals surface area (Å²) in [6, 6.07) is 3.40. The standard InChI is InChI=1S/C17H17FN2O2S/c18-13-9-12(10-19-11-13)16(21)20-5-3-17(4-6-20)14-2-8-23-15(14)1-7-22-17/h2,8-11H,1,3-7H2. The van der Waals surface area contributed by atoms with Crippen molar-refractivity contribution in [3.63, 3.8) is 0 Å². The summed E-state index contributed by atoms with van der Waals surface area (Å²) < 4.78 is 19.4. The molecule has 2 aromatic heterocycles. The number of rotatable bonds is 1. The van der Waals surface area contributed by atoms with Crippen molar-refractivity contribution in [3.8, 4) is 0 Å². The normalized spacial score (nSPS) is 19.6. The Morgan fingerprint density at radius 1 is 1.35 bits per heavy atom. The number of aromatic nitrogens is 1. The molecule has 6 heteroatoms. The van der Waals surface area contributed by atoms with E-state index in [4.69, 9.17) is 4.74 Å². The average molecular weight is 332 g/mol. The maximum atomic E-state index is 13.3. The van der Waals surface area contributed by atoms with E-state index in [1.165, 1.54) is 22.7 Å². The highest BCUT2D eigenvalue weighted by molar-refractivity contribution is 7.10. The Morgan fingerprint density at radius 3 is 2.96 bits per heavy atom. The molecule has 1 saturated heterocycles. The number of thiophene rings is 1. The molecule has 0 aromatic carbocycles. The van der Waals surface area contributed by atoms with Gasteiger partial charge in [0, 0.05) is 30.6 Å². The molecule has 120 valence electrons. The van der Waals surface area contributed by atoms with Gasteiger partial charge in [-0.2, -0.15) is 0 Å². The van der Waals surface area contributed by atoms with Gasteiger partial charge in [0.05, 0.1) is 24.0 Å². The SMILES string of the molecule is O=C(c1cncc(F)c1)N1CCC2(CC1)OCCc1sccc12. The largest absolute Gasteiger partial charge is 0.370 e. The fourth-order valence-corrected chi connectivity index (χ4v) is 4.50. The van der Waals surface area contributed by atoms with Gasteiger partial charge in [-0.1, -0.05) is 0 Å². The Bertz CT molecular complexity index is 738. The van der Waals surface area contributed by atoms with Crippen LogP contribution < -0.4 is 0 Å². The second kappa shape index (κ2) is 5.69. The van der Waals surface area contributed by atoms with Crippen molar-refractivity contribution in [1.82, 2.24) is 9.88 Å². The number of nitrogens with zero attached hydrogens (tertiary/aromatic N) is 2. The van der Waals surface area contributed by atoms with Crippen LogP contribution in [0.3, 0.4) is 0 Å². The van der Waals surface area contributed by atoms with Gasteiger partial charge in [0.1, 0.15) is 5.82 Å². The van der Waals surface area contributed by atoms with Crippen LogP contribution in [0.1, 0.15) is 33.6 Å². The molecule has 23 heavy (non-hydrogen) atoms. The molecule has 0 N–H and O–H groups in total. The number of carbonyl (C=O) groups is 1. The minimum atomic E-state index is -0.483. The lowest BCUT2D eigenvalue weighted by molar-refractivity contribution is -0.0926. The lowest BCUT2D eigenvalue weighted by atomic mass is 9.82. The molecule has 2 aliphatic heterocycles. The summed E-state index contributed by atoms with van der Waals surface area (Å²) in [6.45, 7) is 1.98. The van der Waals surface area contributed by atoms with E-state index in [0.29, 0.717) is 18.7 Å². The van der Waals surface area contributed by atoms with Crippen LogP contribution in [-0.4, -0.2) is 35.5 Å². The van der Waals surface area contributed by atoms with Crippen molar-refractivity contribution in [2.75, 3.05) is 19.7 Å². The lowest BCUT2D eigenvalue weighted by Gasteiger charge is -2.44. The summed E-state index contributed by atoms with van der Waals surface area (Å²) in [5.41, 5.74) is 1.36. The molecule has 2 aromatic rings. The first-order chi connectivity index (χ1) is 11.2. The Hall–Kier alpha value is -1.79. The minimum Gasteiger partial charge on any atom is -0.370 e. The molecule has 4 heterocycles. The van der Waals surface area contributed by atoms with Gasteiger partial charge >= 0.3 is 0 Å². The van der Waals surface area contributed by atoms with E-state index in [1.807, 2.05) is 0 Å². The van der Waals surface area contributed by atoms with E-state index >= 15 is 0 Å². The maximum Gasteiger partial charge on any atom is 0.255 e. The van der Waals surface area contributed by atoms with Crippen LogP contribution in [0.15, 0.2) is 29.9 Å². The predicted octanol–water partition coefficient (Wildman–Crippen LogP) is 2.99. The topological polar surface area (TPSA) is 42.4 Å². The van der Waals surface area contributed by atoms with Crippen molar-refractivity contribution in [1.29, 1.82) is 0 Å². The zero-order chi connectivity index (χ0) is 15.9. The molecule has 1 fully saturated rings. The van der Waals surface area contributed by atoms with Crippen LogP contribution in [-0.2, 0) is 16.8 Å². The Balaban J connectivity index is 1.51. The number of carbonyl (C=O) groups excluding carboxylic acids is 1. The third kappa shape index (κ3) is 2.56. The number of pyridine rings is 1. The quantitative estimate of drug-likeness (QED) is 0.806. The first kappa shape index (κ1) is 14.8. The van der Waals surface area contributed by atoms with Gasteiger partial charge in [-0.05, 0) is 35.9 Å². The van der Waals surface area contributed by atoms with Gasteiger partial charge in [0.15, 0.2) is 0 Å². The van der Waals surface area contributed by atoms with Crippen LogP contribution in [0.5, 0.6) is 0 Å². The Labute approximate surface area is 137 Å². The van der Waals surface area contributed by atoms with Gasteiger partial charge in [0.25, 0.3) is 5.91 Å². The fourth-order valence-electron chi connectivity index (χ4n) is 3.55. The number of hydrogen-bond acceptors (Lipinski definition) is 4. The van der Waals surface area contributed by atoms with E-state index in [2.05, 4.69) is 16.4 Å². The van der Waals surface area contributed by atoms with Crippen molar-refractivity contribution in [2.24, 2.45) is 0 Å². The van der Waals surface area contributed by atoms with Crippen LogP contribution >= 0.6 is 11.3 Å². The number of fused-ring (bicyclic) bond motifs is 2. The Kier molecular flexibility index (Phi) is 3.66. The second-order valence-corrected chi connectivity index (χ2v) is 7.03. The smallest absolute Gasteiger partial charge is 0.255 e. The van der Waals surface area contributed by atoms with Crippen LogP contribution in [0.2, 0.25) is 0 Å². The summed E-state index contributed by atoms with van der Waals surface area (Å²) in [4.78, 5) is 19.4. The minimum absolute atomic E-state index is 0.159. The highest BCUT2D eigenvalue weighted by Gasteiger charge is 2.42. The summed E-state index contributed by atoms with van der Waals surface area (Å²) in [5, 5.41) is 2.12. The summed E-state index contributed by atoms with van der Waals surface area (Å²) in [7, 11) is 0. The zero-order valence-electron chi connectivity index (χ0n) is 12.6. The molecule has 4 rings (SSSR count). The number of hydrogen-bond donors (Lipinski definition) is 0. The number of amides is 1. The third-order valence-electron chi connectivity index (χ3n) is 4.75. The maximum absolute atomic E-state index is 13.3. The molecule has 0 saturated carbocycles. The number of piperidine rings is 1. The first-order valence-corrected chi connectivity index (χ1v) is 8.67. The molecule has 0 unspecified atom stereocenters. The van der Waals surface area contributed by atoms with Crippen molar-refractivity contribution < 1.29 is 13.9 Å². The van der Waals surface area contributed by atoms with Crippen LogP contribution in [0, 0.1) is 5.82 Å². The molecular weight excluding hydrogens is 315 g/mol. The summed E-state index contributed by atoms with van der Waals surface area (Å²) in [6.07, 6.45) is 5.07. The second-order valence-electron chi connectivity index (χ2n) is 6.03. The van der Waals surface area contributed by atoms with E-state index in [1.54, 1.807) is 16.2 Å². The third-order valence-corrected chi connectivity index (χ3v) is 5.73. The number of halogens is 1. The van der Waals surface area contributed by atoms with Crippen molar-refractivity contribution in [2.45, 2.75) is 24.9 Å². The molecule has 0 aliphatic carbocycles. The van der Waals surface area contributed by atoms with E-state index in [-0.39, 0.29) is 11.5 Å². The van der Waals surface area contributed by atoms with Gasteiger partial charge in [-0.15, -0.1) is 11.3 Å². The highest BCUT2D eigenvalue weighted by Crippen LogP contribution is 2.43. The molecule has 0 radical (unpaired) electrons. The van der Waals surface area contributed by atoms with Crippen LogP contribution in [0.25, 0.3) is 0 Å². The summed E-state index contributed by atoms with van der Waals surface area (Å²) >= 11 is 1.79. The van der Waals surface area contributed by atoms with Gasteiger partial charge in [0.2, 0.25) is 0 Å².